The van der Waals surface area contributed by atoms with Crippen LogP contribution in [0, 0.1) is 0 Å². The Balaban J connectivity index is 1.77. The van der Waals surface area contributed by atoms with Crippen molar-refractivity contribution in [1.82, 2.24) is 19.5 Å². The molecule has 2 aliphatic rings. The number of ether oxygens (including phenoxy) is 1. The summed E-state index contributed by atoms with van der Waals surface area (Å²) >= 11 is 0. The molecule has 1 aromatic heterocycles. The number of amides is 2. The van der Waals surface area contributed by atoms with Crippen LogP contribution in [0.3, 0.4) is 0 Å². The lowest BCUT2D eigenvalue weighted by Gasteiger charge is -2.26. The first-order chi connectivity index (χ1) is 11.0. The molecule has 2 fully saturated rings. The van der Waals surface area contributed by atoms with Crippen LogP contribution in [0.5, 0.6) is 0 Å². The van der Waals surface area contributed by atoms with Gasteiger partial charge < -0.3 is 19.9 Å². The molecule has 3 heterocycles. The number of H-pyrrole nitrogens is 1. The topological polar surface area (TPSA) is 112 Å². The lowest BCUT2D eigenvalue weighted by Crippen LogP contribution is -2.50. The number of piperazine rings is 1. The van der Waals surface area contributed by atoms with Gasteiger partial charge in [0.15, 0.2) is 0 Å². The van der Waals surface area contributed by atoms with Crippen molar-refractivity contribution in [2.45, 2.75) is 4.90 Å². The maximum Gasteiger partial charge on any atom is 0.270 e. The predicted octanol–water partition coefficient (Wildman–Crippen LogP) is -1.39. The number of sulfonamides is 1. The number of hydrogen-bond donors (Lipinski definition) is 2. The fraction of sp³-hybridized carbons (Fsp3) is 0.538. The van der Waals surface area contributed by atoms with E-state index in [1.165, 1.54) is 21.5 Å². The molecule has 2 saturated heterocycles. The van der Waals surface area contributed by atoms with Crippen molar-refractivity contribution in [1.29, 1.82) is 0 Å². The summed E-state index contributed by atoms with van der Waals surface area (Å²) in [5.41, 5.74) is 0.159. The van der Waals surface area contributed by atoms with Crippen LogP contribution >= 0.6 is 0 Å². The number of nitrogens with one attached hydrogen (secondary N) is 2. The van der Waals surface area contributed by atoms with E-state index in [4.69, 9.17) is 4.74 Å². The van der Waals surface area contributed by atoms with E-state index in [9.17, 15) is 18.0 Å². The van der Waals surface area contributed by atoms with Crippen molar-refractivity contribution in [3.63, 3.8) is 0 Å². The Hall–Kier alpha value is -1.91. The van der Waals surface area contributed by atoms with Crippen molar-refractivity contribution >= 4 is 21.8 Å². The van der Waals surface area contributed by atoms with Crippen molar-refractivity contribution in [2.75, 3.05) is 45.9 Å². The van der Waals surface area contributed by atoms with Gasteiger partial charge in [-0.2, -0.15) is 4.31 Å². The van der Waals surface area contributed by atoms with Crippen LogP contribution in [0.2, 0.25) is 0 Å². The van der Waals surface area contributed by atoms with Crippen LogP contribution in [-0.2, 0) is 19.6 Å². The molecular formula is C13H18N4O5S. The SMILES string of the molecule is O=C1CN(C(=O)c2cc(S(=O)(=O)N3CCOCC3)c[nH]2)CCN1. The number of carbonyl (C=O) groups excluding carboxylic acids is 2. The zero-order valence-electron chi connectivity index (χ0n) is 12.4. The smallest absolute Gasteiger partial charge is 0.270 e. The highest BCUT2D eigenvalue weighted by molar-refractivity contribution is 7.89. The van der Waals surface area contributed by atoms with E-state index in [0.29, 0.717) is 39.4 Å². The van der Waals surface area contributed by atoms with Crippen molar-refractivity contribution in [3.05, 3.63) is 18.0 Å². The van der Waals surface area contributed by atoms with Gasteiger partial charge in [0.05, 0.1) is 19.8 Å². The number of morpholine rings is 1. The summed E-state index contributed by atoms with van der Waals surface area (Å²) in [4.78, 5) is 27.8. The van der Waals surface area contributed by atoms with Crippen molar-refractivity contribution in [2.24, 2.45) is 0 Å². The molecule has 0 atom stereocenters. The van der Waals surface area contributed by atoms with Gasteiger partial charge in [0.2, 0.25) is 15.9 Å². The molecule has 2 aliphatic heterocycles. The molecule has 3 rings (SSSR count). The molecule has 0 unspecified atom stereocenters. The molecule has 0 bridgehead atoms. The van der Waals surface area contributed by atoms with Gasteiger partial charge in [0, 0.05) is 32.4 Å². The van der Waals surface area contributed by atoms with Crippen LogP contribution in [0.15, 0.2) is 17.2 Å². The largest absolute Gasteiger partial charge is 0.379 e. The highest BCUT2D eigenvalue weighted by Crippen LogP contribution is 2.19. The Kier molecular flexibility index (Phi) is 4.37. The maximum absolute atomic E-state index is 12.5. The monoisotopic (exact) mass is 342 g/mol. The number of hydrogen-bond acceptors (Lipinski definition) is 5. The molecule has 2 N–H and O–H groups in total. The number of aromatic amines is 1. The molecular weight excluding hydrogens is 324 g/mol. The summed E-state index contributed by atoms with van der Waals surface area (Å²) in [7, 11) is -3.64. The highest BCUT2D eigenvalue weighted by atomic mass is 32.2. The fourth-order valence-corrected chi connectivity index (χ4v) is 3.97. The van der Waals surface area contributed by atoms with E-state index in [0.717, 1.165) is 0 Å². The standard InChI is InChI=1S/C13H18N4O5S/c18-12-9-16(2-1-14-12)13(19)11-7-10(8-15-11)23(20,21)17-3-5-22-6-4-17/h7-8,15H,1-6,9H2,(H,14,18). The van der Waals surface area contributed by atoms with E-state index in [1.54, 1.807) is 0 Å². The lowest BCUT2D eigenvalue weighted by molar-refractivity contribution is -0.123. The van der Waals surface area contributed by atoms with Crippen molar-refractivity contribution in [3.8, 4) is 0 Å². The van der Waals surface area contributed by atoms with Gasteiger partial charge in [-0.1, -0.05) is 0 Å². The summed E-state index contributed by atoms with van der Waals surface area (Å²) in [6.07, 6.45) is 1.31. The fourth-order valence-electron chi connectivity index (χ4n) is 2.57. The second kappa shape index (κ2) is 6.30. The molecule has 0 saturated carbocycles. The number of nitrogens with zero attached hydrogens (tertiary/aromatic N) is 2. The molecule has 10 heteroatoms. The second-order valence-electron chi connectivity index (χ2n) is 5.34. The third kappa shape index (κ3) is 3.23. The Morgan fingerprint density at radius 2 is 1.96 bits per heavy atom. The second-order valence-corrected chi connectivity index (χ2v) is 7.28. The molecule has 23 heavy (non-hydrogen) atoms. The van der Waals surface area contributed by atoms with Crippen LogP contribution in [0.1, 0.15) is 10.5 Å². The highest BCUT2D eigenvalue weighted by Gasteiger charge is 2.29. The van der Waals surface area contributed by atoms with E-state index in [1.807, 2.05) is 0 Å². The van der Waals surface area contributed by atoms with Crippen LogP contribution < -0.4 is 5.32 Å². The molecule has 126 valence electrons. The van der Waals surface area contributed by atoms with Crippen LogP contribution in [0.25, 0.3) is 0 Å². The van der Waals surface area contributed by atoms with Gasteiger partial charge in [0.25, 0.3) is 5.91 Å². The third-order valence-electron chi connectivity index (χ3n) is 3.82. The summed E-state index contributed by atoms with van der Waals surface area (Å²) in [6.45, 7) is 2.07. The Morgan fingerprint density at radius 3 is 2.65 bits per heavy atom. The van der Waals surface area contributed by atoms with E-state index in [-0.39, 0.29) is 28.9 Å². The van der Waals surface area contributed by atoms with E-state index >= 15 is 0 Å². The minimum absolute atomic E-state index is 0.0244. The lowest BCUT2D eigenvalue weighted by atomic mass is 10.3. The predicted molar refractivity (Wildman–Crippen MR) is 79.3 cm³/mol. The summed E-state index contributed by atoms with van der Waals surface area (Å²) in [6, 6.07) is 1.32. The number of aromatic nitrogens is 1. The average molecular weight is 342 g/mol. The van der Waals surface area contributed by atoms with Gasteiger partial charge in [-0.25, -0.2) is 8.42 Å². The van der Waals surface area contributed by atoms with Crippen molar-refractivity contribution < 1.29 is 22.7 Å². The van der Waals surface area contributed by atoms with Gasteiger partial charge >= 0.3 is 0 Å². The van der Waals surface area contributed by atoms with Crippen LogP contribution in [-0.4, -0.2) is 80.4 Å². The first kappa shape index (κ1) is 16.0. The minimum atomic E-state index is -3.64. The average Bonchev–Trinajstić information content (AvgIpc) is 3.06. The first-order valence-corrected chi connectivity index (χ1v) is 8.75. The van der Waals surface area contributed by atoms with Gasteiger partial charge in [-0.15, -0.1) is 0 Å². The molecule has 2 amide bonds. The molecule has 1 aromatic rings. The normalized spacial score (nSPS) is 20.3. The van der Waals surface area contributed by atoms with Gasteiger partial charge in [-0.05, 0) is 6.07 Å². The number of carbonyl (C=O) groups is 2. The molecule has 9 nitrogen and oxygen atoms in total. The zero-order valence-corrected chi connectivity index (χ0v) is 13.3. The summed E-state index contributed by atoms with van der Waals surface area (Å²) in [5, 5.41) is 2.63. The van der Waals surface area contributed by atoms with Gasteiger partial charge in [0.1, 0.15) is 10.6 Å². The molecule has 0 spiro atoms. The van der Waals surface area contributed by atoms with Gasteiger partial charge in [-0.3, -0.25) is 9.59 Å². The number of rotatable bonds is 3. The first-order valence-electron chi connectivity index (χ1n) is 7.31. The zero-order chi connectivity index (χ0) is 16.4. The van der Waals surface area contributed by atoms with E-state index < -0.39 is 10.0 Å². The summed E-state index contributed by atoms with van der Waals surface area (Å²) < 4.78 is 31.5. The molecule has 0 radical (unpaired) electrons. The Labute approximate surface area is 133 Å². The Bertz CT molecular complexity index is 708. The van der Waals surface area contributed by atoms with Crippen LogP contribution in [0.4, 0.5) is 0 Å². The maximum atomic E-state index is 12.5. The molecule has 0 aliphatic carbocycles. The molecule has 0 aromatic carbocycles. The van der Waals surface area contributed by atoms with E-state index in [2.05, 4.69) is 10.3 Å². The third-order valence-corrected chi connectivity index (χ3v) is 5.70. The minimum Gasteiger partial charge on any atom is -0.379 e. The Morgan fingerprint density at radius 1 is 1.22 bits per heavy atom. The summed E-state index contributed by atoms with van der Waals surface area (Å²) in [5.74, 6) is -0.611. The quantitative estimate of drug-likeness (QED) is 0.702.